The molecule has 132 valence electrons. The summed E-state index contributed by atoms with van der Waals surface area (Å²) >= 11 is 0. The number of aryl methyl sites for hydroxylation is 1. The molecular formula is C16H21NO6S. The molecule has 0 aromatic heterocycles. The third kappa shape index (κ3) is 4.47. The number of methoxy groups -OCH3 is 1. The largest absolute Gasteiger partial charge is 0.481 e. The topological polar surface area (TPSA) is 98.8 Å². The second kappa shape index (κ2) is 7.21. The summed E-state index contributed by atoms with van der Waals surface area (Å²) in [6.07, 6.45) is -0.405. The summed E-state index contributed by atoms with van der Waals surface area (Å²) < 4.78 is 33.2. The van der Waals surface area contributed by atoms with E-state index in [4.69, 9.17) is 4.74 Å². The van der Waals surface area contributed by atoms with Crippen molar-refractivity contribution in [1.82, 2.24) is 5.32 Å². The van der Waals surface area contributed by atoms with E-state index in [9.17, 15) is 18.0 Å². The highest BCUT2D eigenvalue weighted by Crippen LogP contribution is 2.21. The van der Waals surface area contributed by atoms with Crippen LogP contribution in [0.5, 0.6) is 5.75 Å². The Morgan fingerprint density at radius 1 is 1.33 bits per heavy atom. The molecule has 1 aromatic carbocycles. The number of hydrogen-bond donors (Lipinski definition) is 1. The molecule has 2 atom stereocenters. The first-order chi connectivity index (χ1) is 11.2. The predicted molar refractivity (Wildman–Crippen MR) is 87.8 cm³/mol. The molecule has 1 amide bonds. The Morgan fingerprint density at radius 3 is 2.62 bits per heavy atom. The lowest BCUT2D eigenvalue weighted by molar-refractivity contribution is -0.127. The Kier molecular flexibility index (Phi) is 5.48. The van der Waals surface area contributed by atoms with Crippen LogP contribution in [0.2, 0.25) is 0 Å². The van der Waals surface area contributed by atoms with Crippen molar-refractivity contribution in [3.05, 3.63) is 29.3 Å². The molecule has 0 bridgehead atoms. The molecule has 1 fully saturated rings. The fraction of sp³-hybridized carbons (Fsp3) is 0.500. The fourth-order valence-corrected chi connectivity index (χ4v) is 4.12. The van der Waals surface area contributed by atoms with Crippen molar-refractivity contribution in [3.63, 3.8) is 0 Å². The van der Waals surface area contributed by atoms with Crippen molar-refractivity contribution in [3.8, 4) is 5.75 Å². The minimum absolute atomic E-state index is 0.0394. The Balaban J connectivity index is 2.02. The van der Waals surface area contributed by atoms with E-state index in [0.717, 1.165) is 5.56 Å². The van der Waals surface area contributed by atoms with E-state index < -0.39 is 21.9 Å². The van der Waals surface area contributed by atoms with Gasteiger partial charge in [0, 0.05) is 6.04 Å². The van der Waals surface area contributed by atoms with Gasteiger partial charge in [0.15, 0.2) is 15.9 Å². The first-order valence-electron chi connectivity index (χ1n) is 7.58. The molecule has 1 aliphatic rings. The number of benzene rings is 1. The van der Waals surface area contributed by atoms with Crippen molar-refractivity contribution in [2.75, 3.05) is 18.6 Å². The number of carbonyl (C=O) groups is 2. The van der Waals surface area contributed by atoms with Gasteiger partial charge in [0.1, 0.15) is 5.75 Å². The standard InChI is InChI=1S/C16H21NO6S/c1-10-4-5-12(16(19)22-3)8-14(10)23-11(2)15(18)17-13-6-7-24(20,21)9-13/h4-5,8,11,13H,6-7,9H2,1-3H3,(H,17,18)/t11-,13+/m0/s1. The number of rotatable bonds is 5. The van der Waals surface area contributed by atoms with Gasteiger partial charge in [0.05, 0.1) is 24.2 Å². The van der Waals surface area contributed by atoms with E-state index in [1.807, 2.05) is 0 Å². The zero-order valence-electron chi connectivity index (χ0n) is 13.9. The SMILES string of the molecule is COC(=O)c1ccc(C)c(O[C@@H](C)C(=O)N[C@@H]2CCS(=O)(=O)C2)c1. The van der Waals surface area contributed by atoms with Crippen molar-refractivity contribution >= 4 is 21.7 Å². The van der Waals surface area contributed by atoms with Crippen LogP contribution < -0.4 is 10.1 Å². The van der Waals surface area contributed by atoms with Crippen molar-refractivity contribution < 1.29 is 27.5 Å². The first-order valence-corrected chi connectivity index (χ1v) is 9.40. The molecule has 0 radical (unpaired) electrons. The minimum Gasteiger partial charge on any atom is -0.481 e. The Morgan fingerprint density at radius 2 is 2.04 bits per heavy atom. The normalized spacial score (nSPS) is 20.2. The number of nitrogens with one attached hydrogen (secondary N) is 1. The van der Waals surface area contributed by atoms with Gasteiger partial charge >= 0.3 is 5.97 Å². The second-order valence-corrected chi connectivity index (χ2v) is 8.07. The summed E-state index contributed by atoms with van der Waals surface area (Å²) in [6.45, 7) is 3.37. The van der Waals surface area contributed by atoms with Gasteiger partial charge in [-0.2, -0.15) is 0 Å². The van der Waals surface area contributed by atoms with Crippen molar-refractivity contribution in [2.45, 2.75) is 32.4 Å². The predicted octanol–water partition coefficient (Wildman–Crippen LogP) is 0.852. The summed E-state index contributed by atoms with van der Waals surface area (Å²) in [5.74, 6) is -0.428. The van der Waals surface area contributed by atoms with Gasteiger partial charge in [-0.3, -0.25) is 4.79 Å². The molecule has 0 spiro atoms. The minimum atomic E-state index is -3.06. The number of carbonyl (C=O) groups excluding carboxylic acids is 2. The maximum absolute atomic E-state index is 12.2. The van der Waals surface area contributed by atoms with Crippen LogP contribution in [0.4, 0.5) is 0 Å². The number of sulfone groups is 1. The van der Waals surface area contributed by atoms with Gasteiger partial charge < -0.3 is 14.8 Å². The maximum Gasteiger partial charge on any atom is 0.337 e. The van der Waals surface area contributed by atoms with E-state index in [0.29, 0.717) is 17.7 Å². The highest BCUT2D eigenvalue weighted by atomic mass is 32.2. The van der Waals surface area contributed by atoms with Gasteiger partial charge in [-0.1, -0.05) is 6.07 Å². The third-order valence-electron chi connectivity index (χ3n) is 3.86. The maximum atomic E-state index is 12.2. The zero-order valence-corrected chi connectivity index (χ0v) is 14.7. The summed E-state index contributed by atoms with van der Waals surface area (Å²) in [6, 6.07) is 4.46. The zero-order chi connectivity index (χ0) is 17.9. The molecule has 1 heterocycles. The molecule has 1 saturated heterocycles. The molecule has 1 N–H and O–H groups in total. The van der Waals surface area contributed by atoms with Crippen LogP contribution in [0.1, 0.15) is 29.3 Å². The van der Waals surface area contributed by atoms with Crippen LogP contribution >= 0.6 is 0 Å². The summed E-state index contributed by atoms with van der Waals surface area (Å²) in [4.78, 5) is 23.8. The highest BCUT2D eigenvalue weighted by Gasteiger charge is 2.30. The van der Waals surface area contributed by atoms with Crippen molar-refractivity contribution in [2.24, 2.45) is 0 Å². The average Bonchev–Trinajstić information content (AvgIpc) is 2.87. The highest BCUT2D eigenvalue weighted by molar-refractivity contribution is 7.91. The summed E-state index contributed by atoms with van der Waals surface area (Å²) in [7, 11) is -1.77. The molecule has 2 rings (SSSR count). The van der Waals surface area contributed by atoms with E-state index in [-0.39, 0.29) is 23.5 Å². The quantitative estimate of drug-likeness (QED) is 0.786. The lowest BCUT2D eigenvalue weighted by Crippen LogP contribution is -2.43. The monoisotopic (exact) mass is 355 g/mol. The van der Waals surface area contributed by atoms with Gasteiger partial charge in [-0.15, -0.1) is 0 Å². The fourth-order valence-electron chi connectivity index (χ4n) is 2.44. The van der Waals surface area contributed by atoms with Gasteiger partial charge in [-0.05, 0) is 38.0 Å². The molecule has 1 aromatic rings. The molecule has 24 heavy (non-hydrogen) atoms. The number of amides is 1. The molecule has 1 aliphatic heterocycles. The number of esters is 1. The first kappa shape index (κ1) is 18.3. The van der Waals surface area contributed by atoms with E-state index >= 15 is 0 Å². The Labute approximate surface area is 141 Å². The van der Waals surface area contributed by atoms with Crippen LogP contribution in [0.25, 0.3) is 0 Å². The summed E-state index contributed by atoms with van der Waals surface area (Å²) in [5, 5.41) is 2.69. The molecule has 8 heteroatoms. The smallest absolute Gasteiger partial charge is 0.337 e. The van der Waals surface area contributed by atoms with Crippen LogP contribution in [0, 0.1) is 6.92 Å². The molecule has 0 aliphatic carbocycles. The number of hydrogen-bond acceptors (Lipinski definition) is 6. The Bertz CT molecular complexity index is 743. The number of ether oxygens (including phenoxy) is 2. The third-order valence-corrected chi connectivity index (χ3v) is 5.63. The van der Waals surface area contributed by atoms with E-state index in [1.54, 1.807) is 26.0 Å². The lowest BCUT2D eigenvalue weighted by atomic mass is 10.1. The molecular weight excluding hydrogens is 334 g/mol. The van der Waals surface area contributed by atoms with Crippen LogP contribution in [-0.4, -0.2) is 51.1 Å². The van der Waals surface area contributed by atoms with Gasteiger partial charge in [0.25, 0.3) is 5.91 Å². The van der Waals surface area contributed by atoms with Gasteiger partial charge in [-0.25, -0.2) is 13.2 Å². The average molecular weight is 355 g/mol. The van der Waals surface area contributed by atoms with E-state index in [2.05, 4.69) is 10.1 Å². The van der Waals surface area contributed by atoms with Crippen LogP contribution in [0.3, 0.4) is 0 Å². The Hall–Kier alpha value is -2.09. The van der Waals surface area contributed by atoms with Crippen LogP contribution in [-0.2, 0) is 19.4 Å². The molecule has 0 saturated carbocycles. The van der Waals surface area contributed by atoms with Crippen LogP contribution in [0.15, 0.2) is 18.2 Å². The van der Waals surface area contributed by atoms with Gasteiger partial charge in [0.2, 0.25) is 0 Å². The van der Waals surface area contributed by atoms with Crippen molar-refractivity contribution in [1.29, 1.82) is 0 Å². The van der Waals surface area contributed by atoms with E-state index in [1.165, 1.54) is 13.2 Å². The lowest BCUT2D eigenvalue weighted by Gasteiger charge is -2.19. The molecule has 0 unspecified atom stereocenters. The summed E-state index contributed by atoms with van der Waals surface area (Å²) in [5.41, 5.74) is 1.10. The molecule has 7 nitrogen and oxygen atoms in total. The second-order valence-electron chi connectivity index (χ2n) is 5.84.